The number of aryl methyl sites for hydroxylation is 2. The summed E-state index contributed by atoms with van der Waals surface area (Å²) >= 11 is 5.78. The Morgan fingerprint density at radius 3 is 2.83 bits per heavy atom. The maximum atomic E-state index is 11.9. The fourth-order valence-electron chi connectivity index (χ4n) is 2.57. The first-order valence-corrected chi connectivity index (χ1v) is 8.18. The van der Waals surface area contributed by atoms with E-state index < -0.39 is 11.3 Å². The summed E-state index contributed by atoms with van der Waals surface area (Å²) in [6.45, 7) is 4.16. The summed E-state index contributed by atoms with van der Waals surface area (Å²) in [7, 11) is 0. The van der Waals surface area contributed by atoms with Crippen molar-refractivity contribution < 1.29 is 19.0 Å². The van der Waals surface area contributed by atoms with Crippen molar-refractivity contribution in [3.63, 3.8) is 0 Å². The highest BCUT2D eigenvalue weighted by molar-refractivity contribution is 6.64. The summed E-state index contributed by atoms with van der Waals surface area (Å²) < 4.78 is 16.6. The first-order valence-electron chi connectivity index (χ1n) is 7.80. The Labute approximate surface area is 145 Å². The van der Waals surface area contributed by atoms with Crippen molar-refractivity contribution in [3.05, 3.63) is 47.3 Å². The van der Waals surface area contributed by atoms with Crippen LogP contribution in [0.25, 0.3) is 0 Å². The average molecular weight is 348 g/mol. The molecule has 0 saturated carbocycles. The first-order chi connectivity index (χ1) is 11.6. The SMILES string of the molecule is CCCc1nc(C)ccc1O[C@@H](C(=O)Cl)c1ccc2c(c1)OCO2. The van der Waals surface area contributed by atoms with E-state index in [1.54, 1.807) is 18.2 Å². The van der Waals surface area contributed by atoms with E-state index in [4.69, 9.17) is 25.8 Å². The van der Waals surface area contributed by atoms with E-state index >= 15 is 0 Å². The van der Waals surface area contributed by atoms with Gasteiger partial charge in [0.2, 0.25) is 6.79 Å². The molecular weight excluding hydrogens is 330 g/mol. The number of halogens is 1. The van der Waals surface area contributed by atoms with Gasteiger partial charge in [0.15, 0.2) is 17.6 Å². The van der Waals surface area contributed by atoms with Gasteiger partial charge in [0.1, 0.15) is 5.75 Å². The molecule has 126 valence electrons. The third-order valence-corrected chi connectivity index (χ3v) is 3.91. The summed E-state index contributed by atoms with van der Waals surface area (Å²) in [5, 5.41) is -0.600. The van der Waals surface area contributed by atoms with Gasteiger partial charge in [0.25, 0.3) is 5.24 Å². The molecule has 0 N–H and O–H groups in total. The zero-order valence-corrected chi connectivity index (χ0v) is 14.3. The molecule has 0 aliphatic carbocycles. The van der Waals surface area contributed by atoms with E-state index in [-0.39, 0.29) is 6.79 Å². The minimum absolute atomic E-state index is 0.168. The van der Waals surface area contributed by atoms with Gasteiger partial charge in [0.05, 0.1) is 5.69 Å². The second kappa shape index (κ2) is 7.09. The Balaban J connectivity index is 1.91. The number of hydrogen-bond donors (Lipinski definition) is 0. The molecule has 0 radical (unpaired) electrons. The molecule has 1 atom stereocenters. The molecule has 3 rings (SSSR count). The molecule has 1 aliphatic heterocycles. The predicted molar refractivity (Wildman–Crippen MR) is 89.8 cm³/mol. The molecule has 0 saturated heterocycles. The topological polar surface area (TPSA) is 57.7 Å². The molecule has 0 unspecified atom stereocenters. The molecule has 24 heavy (non-hydrogen) atoms. The van der Waals surface area contributed by atoms with Crippen LogP contribution in [0.3, 0.4) is 0 Å². The Hall–Kier alpha value is -2.27. The van der Waals surface area contributed by atoms with Crippen molar-refractivity contribution in [2.45, 2.75) is 32.8 Å². The van der Waals surface area contributed by atoms with Gasteiger partial charge in [-0.25, -0.2) is 0 Å². The van der Waals surface area contributed by atoms with Gasteiger partial charge in [-0.05, 0) is 49.2 Å². The lowest BCUT2D eigenvalue weighted by molar-refractivity contribution is -0.118. The number of pyridine rings is 1. The van der Waals surface area contributed by atoms with Crippen LogP contribution in [0.2, 0.25) is 0 Å². The van der Waals surface area contributed by atoms with Crippen LogP contribution in [0.15, 0.2) is 30.3 Å². The Kier molecular flexibility index (Phi) is 4.90. The standard InChI is InChI=1S/C18H18ClNO4/c1-3-4-13-14(7-5-11(2)20-13)24-17(18(19)21)12-6-8-15-16(9-12)23-10-22-15/h5-9,17H,3-4,10H2,1-2H3/t17-/m1/s1. The van der Waals surface area contributed by atoms with Crippen LogP contribution < -0.4 is 14.2 Å². The van der Waals surface area contributed by atoms with Crippen molar-refractivity contribution in [1.82, 2.24) is 4.98 Å². The third kappa shape index (κ3) is 3.46. The fraction of sp³-hybridized carbons (Fsp3) is 0.333. The number of rotatable bonds is 6. The quantitative estimate of drug-likeness (QED) is 0.740. The van der Waals surface area contributed by atoms with Gasteiger partial charge in [-0.3, -0.25) is 9.78 Å². The monoisotopic (exact) mass is 347 g/mol. The highest BCUT2D eigenvalue weighted by atomic mass is 35.5. The smallest absolute Gasteiger partial charge is 0.267 e. The van der Waals surface area contributed by atoms with Crippen LogP contribution in [-0.2, 0) is 11.2 Å². The van der Waals surface area contributed by atoms with Gasteiger partial charge < -0.3 is 14.2 Å². The second-order valence-electron chi connectivity index (χ2n) is 5.56. The number of ether oxygens (including phenoxy) is 3. The third-order valence-electron chi connectivity index (χ3n) is 3.71. The number of fused-ring (bicyclic) bond motifs is 1. The minimum Gasteiger partial charge on any atom is -0.475 e. The van der Waals surface area contributed by atoms with Gasteiger partial charge in [-0.1, -0.05) is 19.4 Å². The van der Waals surface area contributed by atoms with Crippen LogP contribution in [-0.4, -0.2) is 17.0 Å². The second-order valence-corrected chi connectivity index (χ2v) is 5.93. The van der Waals surface area contributed by atoms with Crippen LogP contribution in [0, 0.1) is 6.92 Å². The summed E-state index contributed by atoms with van der Waals surface area (Å²) in [6.07, 6.45) is 0.763. The molecule has 0 fully saturated rings. The highest BCUT2D eigenvalue weighted by Crippen LogP contribution is 2.36. The zero-order chi connectivity index (χ0) is 17.1. The molecule has 1 aromatic carbocycles. The van der Waals surface area contributed by atoms with E-state index in [0.29, 0.717) is 22.8 Å². The van der Waals surface area contributed by atoms with Crippen molar-refractivity contribution in [2.24, 2.45) is 0 Å². The van der Waals surface area contributed by atoms with Crippen LogP contribution >= 0.6 is 11.6 Å². The average Bonchev–Trinajstić information content (AvgIpc) is 3.01. The molecular formula is C18H18ClNO4. The fourth-order valence-corrected chi connectivity index (χ4v) is 2.74. The maximum Gasteiger partial charge on any atom is 0.267 e. The first kappa shape index (κ1) is 16.6. The normalized spacial score (nSPS) is 13.6. The number of carbonyl (C=O) groups excluding carboxylic acids is 1. The predicted octanol–water partition coefficient (Wildman–Crippen LogP) is 3.96. The van der Waals surface area contributed by atoms with Crippen molar-refractivity contribution in [1.29, 1.82) is 0 Å². The molecule has 5 nitrogen and oxygen atoms in total. The molecule has 2 aromatic rings. The highest BCUT2D eigenvalue weighted by Gasteiger charge is 2.25. The molecule has 0 amide bonds. The lowest BCUT2D eigenvalue weighted by atomic mass is 10.1. The van der Waals surface area contributed by atoms with E-state index in [1.807, 2.05) is 19.1 Å². The van der Waals surface area contributed by atoms with Gasteiger partial charge >= 0.3 is 0 Å². The summed E-state index contributed by atoms with van der Waals surface area (Å²) in [6, 6.07) is 8.89. The number of hydrogen-bond acceptors (Lipinski definition) is 5. The van der Waals surface area contributed by atoms with E-state index in [2.05, 4.69) is 11.9 Å². The summed E-state index contributed by atoms with van der Waals surface area (Å²) in [5.74, 6) is 1.79. The molecule has 6 heteroatoms. The van der Waals surface area contributed by atoms with Crippen LogP contribution in [0.1, 0.15) is 36.4 Å². The number of aromatic nitrogens is 1. The molecule has 0 spiro atoms. The van der Waals surface area contributed by atoms with Gasteiger partial charge in [0, 0.05) is 11.3 Å². The van der Waals surface area contributed by atoms with Crippen LogP contribution in [0.5, 0.6) is 17.2 Å². The number of nitrogens with zero attached hydrogens (tertiary/aromatic N) is 1. The van der Waals surface area contributed by atoms with Gasteiger partial charge in [-0.2, -0.15) is 0 Å². The van der Waals surface area contributed by atoms with Crippen LogP contribution in [0.4, 0.5) is 0 Å². The summed E-state index contributed by atoms with van der Waals surface area (Å²) in [5.41, 5.74) is 2.34. The molecule has 2 heterocycles. The van der Waals surface area contributed by atoms with Crippen molar-refractivity contribution in [2.75, 3.05) is 6.79 Å². The molecule has 1 aliphatic rings. The maximum absolute atomic E-state index is 11.9. The van der Waals surface area contributed by atoms with Crippen molar-refractivity contribution in [3.8, 4) is 17.2 Å². The molecule has 0 bridgehead atoms. The lowest BCUT2D eigenvalue weighted by Gasteiger charge is -2.18. The van der Waals surface area contributed by atoms with Gasteiger partial charge in [-0.15, -0.1) is 0 Å². The Morgan fingerprint density at radius 2 is 2.08 bits per heavy atom. The largest absolute Gasteiger partial charge is 0.475 e. The minimum atomic E-state index is -0.929. The van der Waals surface area contributed by atoms with Crippen molar-refractivity contribution >= 4 is 16.8 Å². The number of benzene rings is 1. The Morgan fingerprint density at radius 1 is 1.29 bits per heavy atom. The summed E-state index contributed by atoms with van der Waals surface area (Å²) in [4.78, 5) is 16.4. The molecule has 1 aromatic heterocycles. The van der Waals surface area contributed by atoms with E-state index in [1.165, 1.54) is 0 Å². The number of carbonyl (C=O) groups is 1. The lowest BCUT2D eigenvalue weighted by Crippen LogP contribution is -2.15. The Bertz CT molecular complexity index is 763. The van der Waals surface area contributed by atoms with E-state index in [0.717, 1.165) is 24.2 Å². The van der Waals surface area contributed by atoms with E-state index in [9.17, 15) is 4.79 Å². The zero-order valence-electron chi connectivity index (χ0n) is 13.5.